The van der Waals surface area contributed by atoms with Crippen LogP contribution in [0.3, 0.4) is 0 Å². The number of fused-ring (bicyclic) bond motifs is 4. The smallest absolute Gasteiger partial charge is 0.328 e. The van der Waals surface area contributed by atoms with Gasteiger partial charge in [-0.2, -0.15) is 0 Å². The lowest BCUT2D eigenvalue weighted by Gasteiger charge is -2.36. The van der Waals surface area contributed by atoms with E-state index in [9.17, 15) is 9.59 Å². The number of halogens is 1. The number of hydrogen-bond acceptors (Lipinski definition) is 2. The van der Waals surface area contributed by atoms with Crippen molar-refractivity contribution in [1.82, 2.24) is 14.8 Å². The fraction of sp³-hybridized carbons (Fsp3) is 0.238. The molecule has 0 bridgehead atoms. The van der Waals surface area contributed by atoms with Gasteiger partial charge in [-0.05, 0) is 30.2 Å². The Balaban J connectivity index is 1.79. The maximum absolute atomic E-state index is 13.1. The van der Waals surface area contributed by atoms with Crippen molar-refractivity contribution in [3.8, 4) is 0 Å². The number of carbonyl (C=O) groups excluding carboxylic acids is 2. The van der Waals surface area contributed by atoms with Crippen LogP contribution in [0.2, 0.25) is 0 Å². The number of para-hydroxylation sites is 1. The average Bonchev–Trinajstić information content (AvgIpc) is 3.16. The number of nitrogens with zero attached hydrogens (tertiary/aromatic N) is 2. The number of H-pyrrole nitrogens is 1. The van der Waals surface area contributed by atoms with Gasteiger partial charge in [0.1, 0.15) is 12.1 Å². The normalized spacial score (nSPS) is 21.7. The predicted molar refractivity (Wildman–Crippen MR) is 106 cm³/mol. The lowest BCUT2D eigenvalue weighted by molar-refractivity contribution is -0.128. The zero-order chi connectivity index (χ0) is 18.7. The summed E-state index contributed by atoms with van der Waals surface area (Å²) in [4.78, 5) is 32.7. The van der Waals surface area contributed by atoms with E-state index < -0.39 is 6.04 Å². The second-order valence-electron chi connectivity index (χ2n) is 6.98. The minimum Gasteiger partial charge on any atom is -0.356 e. The molecule has 5 nitrogen and oxygen atoms in total. The molecule has 0 unspecified atom stereocenters. The van der Waals surface area contributed by atoms with E-state index in [0.717, 1.165) is 32.2 Å². The summed E-state index contributed by atoms with van der Waals surface area (Å²) < 4.78 is 0.926. The third kappa shape index (κ3) is 2.22. The first kappa shape index (κ1) is 16.6. The van der Waals surface area contributed by atoms with Gasteiger partial charge in [-0.3, -0.25) is 14.6 Å². The van der Waals surface area contributed by atoms with Gasteiger partial charge in [-0.25, -0.2) is 4.79 Å². The average molecular weight is 424 g/mol. The summed E-state index contributed by atoms with van der Waals surface area (Å²) in [5.74, 6) is -0.101. The molecule has 3 heterocycles. The summed E-state index contributed by atoms with van der Waals surface area (Å²) in [5, 5.41) is 1.12. The number of rotatable bonds is 2. The standard InChI is InChI=1S/C21H18BrN3O2/c1-2-24-20(26)17-11-14-12-7-4-6-10-16(12)23-18(14)19(25(17)21(24)27)13-8-3-5-9-15(13)22/h3-10,17,19,23H,2,11H2,1H3/t17-,19-/m1/s1. The molecule has 1 saturated heterocycles. The molecule has 5 rings (SSSR count). The van der Waals surface area contributed by atoms with Gasteiger partial charge in [-0.15, -0.1) is 0 Å². The van der Waals surface area contributed by atoms with Gasteiger partial charge in [0, 0.05) is 34.0 Å². The Kier molecular flexibility index (Phi) is 3.65. The van der Waals surface area contributed by atoms with Crippen LogP contribution in [0.1, 0.15) is 29.8 Å². The number of hydrogen-bond donors (Lipinski definition) is 1. The van der Waals surface area contributed by atoms with E-state index in [1.54, 1.807) is 4.90 Å². The summed E-state index contributed by atoms with van der Waals surface area (Å²) in [6.45, 7) is 2.23. The number of likely N-dealkylation sites (N-methyl/N-ethyl adjacent to an activating group) is 1. The van der Waals surface area contributed by atoms with Crippen molar-refractivity contribution < 1.29 is 9.59 Å². The maximum Gasteiger partial charge on any atom is 0.328 e. The second-order valence-corrected chi connectivity index (χ2v) is 7.83. The van der Waals surface area contributed by atoms with Crippen LogP contribution in [-0.4, -0.2) is 39.3 Å². The molecule has 2 atom stereocenters. The summed E-state index contributed by atoms with van der Waals surface area (Å²) in [7, 11) is 0. The van der Waals surface area contributed by atoms with E-state index >= 15 is 0 Å². The van der Waals surface area contributed by atoms with Gasteiger partial charge in [0.2, 0.25) is 0 Å². The van der Waals surface area contributed by atoms with E-state index in [1.807, 2.05) is 49.4 Å². The maximum atomic E-state index is 13.1. The van der Waals surface area contributed by atoms with Crippen molar-refractivity contribution >= 4 is 38.8 Å². The first-order chi connectivity index (χ1) is 13.1. The third-order valence-electron chi connectivity index (χ3n) is 5.65. The molecule has 136 valence electrons. The van der Waals surface area contributed by atoms with Crippen molar-refractivity contribution in [2.45, 2.75) is 25.4 Å². The molecule has 1 aromatic heterocycles. The minimum atomic E-state index is -0.457. The molecular formula is C21H18BrN3O2. The number of imide groups is 1. The molecule has 2 aliphatic rings. The third-order valence-corrected chi connectivity index (χ3v) is 6.37. The zero-order valence-electron chi connectivity index (χ0n) is 14.8. The molecule has 1 fully saturated rings. The number of amides is 3. The van der Waals surface area contributed by atoms with Gasteiger partial charge in [0.05, 0.1) is 0 Å². The largest absolute Gasteiger partial charge is 0.356 e. The lowest BCUT2D eigenvalue weighted by atomic mass is 9.89. The van der Waals surface area contributed by atoms with Crippen molar-refractivity contribution in [1.29, 1.82) is 0 Å². The van der Waals surface area contributed by atoms with Gasteiger partial charge in [-0.1, -0.05) is 52.3 Å². The highest BCUT2D eigenvalue weighted by molar-refractivity contribution is 9.10. The fourth-order valence-corrected chi connectivity index (χ4v) is 4.94. The summed E-state index contributed by atoms with van der Waals surface area (Å²) in [6.07, 6.45) is 0.543. The van der Waals surface area contributed by atoms with Gasteiger partial charge >= 0.3 is 6.03 Å². The number of aromatic nitrogens is 1. The van der Waals surface area contributed by atoms with Gasteiger partial charge < -0.3 is 4.98 Å². The molecule has 3 amide bonds. The topological polar surface area (TPSA) is 56.4 Å². The van der Waals surface area contributed by atoms with Crippen LogP contribution in [0.15, 0.2) is 53.0 Å². The fourth-order valence-electron chi connectivity index (χ4n) is 4.44. The van der Waals surface area contributed by atoms with E-state index in [0.29, 0.717) is 13.0 Å². The lowest BCUT2D eigenvalue weighted by Crippen LogP contribution is -2.44. The van der Waals surface area contributed by atoms with Crippen LogP contribution in [-0.2, 0) is 11.2 Å². The Labute approximate surface area is 165 Å². The Morgan fingerprint density at radius 1 is 1.11 bits per heavy atom. The van der Waals surface area contributed by atoms with E-state index in [1.165, 1.54) is 4.90 Å². The highest BCUT2D eigenvalue weighted by Crippen LogP contribution is 2.45. The monoisotopic (exact) mass is 423 g/mol. The van der Waals surface area contributed by atoms with Crippen molar-refractivity contribution in [2.24, 2.45) is 0 Å². The second kappa shape index (κ2) is 5.96. The highest BCUT2D eigenvalue weighted by atomic mass is 79.9. The Morgan fingerprint density at radius 3 is 2.63 bits per heavy atom. The summed E-state index contributed by atoms with van der Waals surface area (Å²) >= 11 is 3.64. The number of carbonyl (C=O) groups is 2. The zero-order valence-corrected chi connectivity index (χ0v) is 16.4. The van der Waals surface area contributed by atoms with Crippen molar-refractivity contribution in [2.75, 3.05) is 6.54 Å². The molecule has 0 radical (unpaired) electrons. The quantitative estimate of drug-likeness (QED) is 0.627. The van der Waals surface area contributed by atoms with Crippen molar-refractivity contribution in [3.05, 3.63) is 69.8 Å². The van der Waals surface area contributed by atoms with E-state index in [2.05, 4.69) is 27.0 Å². The van der Waals surface area contributed by atoms with Crippen LogP contribution in [0.25, 0.3) is 10.9 Å². The Morgan fingerprint density at radius 2 is 1.85 bits per heavy atom. The SMILES string of the molecule is CCN1C(=O)[C@H]2Cc3c([nH]c4ccccc34)[C@@H](c3ccccc3Br)N2C1=O. The number of aromatic amines is 1. The minimum absolute atomic E-state index is 0.101. The first-order valence-electron chi connectivity index (χ1n) is 9.09. The van der Waals surface area contributed by atoms with E-state index in [4.69, 9.17) is 0 Å². The van der Waals surface area contributed by atoms with Crippen molar-refractivity contribution in [3.63, 3.8) is 0 Å². The van der Waals surface area contributed by atoms with Crippen LogP contribution < -0.4 is 0 Å². The Bertz CT molecular complexity index is 1090. The molecule has 0 saturated carbocycles. The molecule has 6 heteroatoms. The number of urea groups is 1. The molecular weight excluding hydrogens is 406 g/mol. The number of nitrogens with one attached hydrogen (secondary N) is 1. The van der Waals surface area contributed by atoms with Crippen LogP contribution in [0.5, 0.6) is 0 Å². The van der Waals surface area contributed by atoms with E-state index in [-0.39, 0.29) is 18.0 Å². The molecule has 0 aliphatic carbocycles. The number of benzene rings is 2. The first-order valence-corrected chi connectivity index (χ1v) is 9.88. The molecule has 0 spiro atoms. The summed E-state index contributed by atoms with van der Waals surface area (Å²) in [5.41, 5.74) is 4.15. The molecule has 2 aliphatic heterocycles. The highest BCUT2D eigenvalue weighted by Gasteiger charge is 2.52. The van der Waals surface area contributed by atoms with Crippen LogP contribution >= 0.6 is 15.9 Å². The van der Waals surface area contributed by atoms with Crippen LogP contribution in [0, 0.1) is 0 Å². The van der Waals surface area contributed by atoms with Gasteiger partial charge in [0.15, 0.2) is 0 Å². The van der Waals surface area contributed by atoms with Gasteiger partial charge in [0.25, 0.3) is 5.91 Å². The molecule has 3 aromatic rings. The molecule has 2 aromatic carbocycles. The Hall–Kier alpha value is -2.60. The van der Waals surface area contributed by atoms with Crippen LogP contribution in [0.4, 0.5) is 4.79 Å². The molecule has 1 N–H and O–H groups in total. The molecule has 27 heavy (non-hydrogen) atoms. The predicted octanol–water partition coefficient (Wildman–Crippen LogP) is 4.23. The summed E-state index contributed by atoms with van der Waals surface area (Å²) in [6, 6.07) is 15.0.